The second kappa shape index (κ2) is 7.85. The Hall–Kier alpha value is -2.00. The standard InChI is InChI=1S/C13H18N2O6S/c1-2-3-7-11(13(16)17)14-22(20,21)9-10-6-4-5-8-12(10)15(18)19/h4-6,8,11,14H,2-3,7,9H2,1H3,(H,16,17)/t11-/m0/s1. The Morgan fingerprint density at radius 2 is 2.05 bits per heavy atom. The Morgan fingerprint density at radius 1 is 1.41 bits per heavy atom. The summed E-state index contributed by atoms with van der Waals surface area (Å²) in [6.07, 6.45) is 1.46. The number of carbonyl (C=O) groups is 1. The third kappa shape index (κ3) is 5.41. The highest BCUT2D eigenvalue weighted by molar-refractivity contribution is 7.88. The summed E-state index contributed by atoms with van der Waals surface area (Å²) in [7, 11) is -4.00. The van der Waals surface area contributed by atoms with Gasteiger partial charge in [-0.15, -0.1) is 0 Å². The van der Waals surface area contributed by atoms with E-state index >= 15 is 0 Å². The molecule has 0 aliphatic heterocycles. The molecule has 0 aliphatic rings. The van der Waals surface area contributed by atoms with E-state index in [1.165, 1.54) is 24.3 Å². The number of para-hydroxylation sites is 1. The lowest BCUT2D eigenvalue weighted by Crippen LogP contribution is -2.41. The number of nitro benzene ring substituents is 1. The van der Waals surface area contributed by atoms with Crippen LogP contribution in [0, 0.1) is 10.1 Å². The molecule has 0 saturated carbocycles. The second-order valence-electron chi connectivity index (χ2n) is 4.80. The van der Waals surface area contributed by atoms with Gasteiger partial charge in [-0.1, -0.05) is 38.0 Å². The minimum atomic E-state index is -4.00. The zero-order valence-electron chi connectivity index (χ0n) is 12.1. The van der Waals surface area contributed by atoms with E-state index in [9.17, 15) is 23.3 Å². The SMILES string of the molecule is CCCC[C@H](NS(=O)(=O)Cc1ccccc1[N+](=O)[O-])C(=O)O. The van der Waals surface area contributed by atoms with Crippen LogP contribution in [0.2, 0.25) is 0 Å². The average molecular weight is 330 g/mol. The molecule has 22 heavy (non-hydrogen) atoms. The van der Waals surface area contributed by atoms with Gasteiger partial charge in [-0.2, -0.15) is 0 Å². The van der Waals surface area contributed by atoms with E-state index in [0.717, 1.165) is 6.42 Å². The van der Waals surface area contributed by atoms with Gasteiger partial charge in [0, 0.05) is 11.6 Å². The number of unbranched alkanes of at least 4 members (excludes halogenated alkanes) is 1. The first-order valence-corrected chi connectivity index (χ1v) is 8.37. The van der Waals surface area contributed by atoms with Gasteiger partial charge in [0.05, 0.1) is 10.7 Å². The van der Waals surface area contributed by atoms with Gasteiger partial charge in [0.2, 0.25) is 10.0 Å². The van der Waals surface area contributed by atoms with Gasteiger partial charge in [-0.25, -0.2) is 13.1 Å². The number of rotatable bonds is 9. The quantitative estimate of drug-likeness (QED) is 0.523. The highest BCUT2D eigenvalue weighted by Gasteiger charge is 2.26. The molecule has 8 nitrogen and oxygen atoms in total. The van der Waals surface area contributed by atoms with Gasteiger partial charge in [0.1, 0.15) is 6.04 Å². The molecule has 2 N–H and O–H groups in total. The van der Waals surface area contributed by atoms with Crippen LogP contribution in [0.15, 0.2) is 24.3 Å². The van der Waals surface area contributed by atoms with Crippen LogP contribution >= 0.6 is 0 Å². The summed E-state index contributed by atoms with van der Waals surface area (Å²) in [5, 5.41) is 19.9. The van der Waals surface area contributed by atoms with Crippen molar-refractivity contribution >= 4 is 21.7 Å². The van der Waals surface area contributed by atoms with Crippen molar-refractivity contribution in [2.75, 3.05) is 0 Å². The predicted octanol–water partition coefficient (Wildman–Crippen LogP) is 1.66. The van der Waals surface area contributed by atoms with Crippen molar-refractivity contribution < 1.29 is 23.2 Å². The summed E-state index contributed by atoms with van der Waals surface area (Å²) in [4.78, 5) is 21.3. The van der Waals surface area contributed by atoms with E-state index in [1.54, 1.807) is 0 Å². The number of carboxylic acids is 1. The molecule has 1 aromatic carbocycles. The molecular weight excluding hydrogens is 312 g/mol. The third-order valence-electron chi connectivity index (χ3n) is 3.00. The van der Waals surface area contributed by atoms with E-state index in [2.05, 4.69) is 4.72 Å². The van der Waals surface area contributed by atoms with Crippen LogP contribution in [0.5, 0.6) is 0 Å². The number of hydrogen-bond acceptors (Lipinski definition) is 5. The van der Waals surface area contributed by atoms with Gasteiger partial charge in [-0.05, 0) is 6.42 Å². The number of hydrogen-bond donors (Lipinski definition) is 2. The third-order valence-corrected chi connectivity index (χ3v) is 4.33. The largest absolute Gasteiger partial charge is 0.480 e. The number of benzene rings is 1. The van der Waals surface area contributed by atoms with Crippen LogP contribution < -0.4 is 4.72 Å². The van der Waals surface area contributed by atoms with Gasteiger partial charge >= 0.3 is 5.97 Å². The molecule has 1 rings (SSSR count). The normalized spacial score (nSPS) is 12.8. The fourth-order valence-electron chi connectivity index (χ4n) is 1.92. The van der Waals surface area contributed by atoms with Crippen molar-refractivity contribution in [1.29, 1.82) is 0 Å². The summed E-state index contributed by atoms with van der Waals surface area (Å²) in [5.74, 6) is -1.90. The fourth-order valence-corrected chi connectivity index (χ4v) is 3.30. The van der Waals surface area contributed by atoms with Crippen molar-refractivity contribution in [3.05, 3.63) is 39.9 Å². The highest BCUT2D eigenvalue weighted by atomic mass is 32.2. The molecule has 9 heteroatoms. The van der Waals surface area contributed by atoms with Crippen LogP contribution in [0.4, 0.5) is 5.69 Å². The molecule has 0 amide bonds. The summed E-state index contributed by atoms with van der Waals surface area (Å²) in [5.41, 5.74) is -0.298. The topological polar surface area (TPSA) is 127 Å². The van der Waals surface area contributed by atoms with E-state index in [-0.39, 0.29) is 17.7 Å². The molecule has 1 aromatic rings. The first kappa shape index (κ1) is 18.1. The monoisotopic (exact) mass is 330 g/mol. The Balaban J connectivity index is 2.91. The number of carboxylic acid groups (broad SMARTS) is 1. The molecule has 0 aliphatic carbocycles. The number of aliphatic carboxylic acids is 1. The molecule has 0 unspecified atom stereocenters. The van der Waals surface area contributed by atoms with Crippen LogP contribution in [0.25, 0.3) is 0 Å². The van der Waals surface area contributed by atoms with Crippen LogP contribution in [-0.2, 0) is 20.6 Å². The molecular formula is C13H18N2O6S. The van der Waals surface area contributed by atoms with Crippen molar-refractivity contribution in [1.82, 2.24) is 4.72 Å². The summed E-state index contributed by atoms with van der Waals surface area (Å²) >= 11 is 0. The molecule has 0 bridgehead atoms. The molecule has 122 valence electrons. The molecule has 0 aromatic heterocycles. The number of nitrogens with zero attached hydrogens (tertiary/aromatic N) is 1. The van der Waals surface area contributed by atoms with Gasteiger partial charge in [0.15, 0.2) is 0 Å². The van der Waals surface area contributed by atoms with E-state index in [0.29, 0.717) is 6.42 Å². The molecule has 0 heterocycles. The van der Waals surface area contributed by atoms with Gasteiger partial charge in [0.25, 0.3) is 5.69 Å². The van der Waals surface area contributed by atoms with Crippen molar-refractivity contribution in [3.8, 4) is 0 Å². The van der Waals surface area contributed by atoms with Crippen LogP contribution in [0.3, 0.4) is 0 Å². The van der Waals surface area contributed by atoms with E-state index in [1.807, 2.05) is 6.92 Å². The summed E-state index contributed by atoms with van der Waals surface area (Å²) in [6.45, 7) is 1.86. The first-order valence-electron chi connectivity index (χ1n) is 6.72. The summed E-state index contributed by atoms with van der Waals surface area (Å²) < 4.78 is 26.2. The summed E-state index contributed by atoms with van der Waals surface area (Å²) in [6, 6.07) is 4.23. The Kier molecular flexibility index (Phi) is 6.44. The predicted molar refractivity (Wildman–Crippen MR) is 79.8 cm³/mol. The molecule has 1 atom stereocenters. The van der Waals surface area contributed by atoms with Crippen LogP contribution in [0.1, 0.15) is 31.7 Å². The Bertz CT molecular complexity index is 644. The zero-order chi connectivity index (χ0) is 16.8. The fraction of sp³-hybridized carbons (Fsp3) is 0.462. The van der Waals surface area contributed by atoms with E-state index < -0.39 is 32.7 Å². The van der Waals surface area contributed by atoms with Crippen molar-refractivity contribution in [2.24, 2.45) is 0 Å². The lowest BCUT2D eigenvalue weighted by atomic mass is 10.1. The van der Waals surface area contributed by atoms with Crippen LogP contribution in [-0.4, -0.2) is 30.5 Å². The van der Waals surface area contributed by atoms with Crippen molar-refractivity contribution in [3.63, 3.8) is 0 Å². The lowest BCUT2D eigenvalue weighted by molar-refractivity contribution is -0.385. The second-order valence-corrected chi connectivity index (χ2v) is 6.55. The highest BCUT2D eigenvalue weighted by Crippen LogP contribution is 2.20. The maximum atomic E-state index is 12.1. The number of sulfonamides is 1. The minimum absolute atomic E-state index is 0.0135. The van der Waals surface area contributed by atoms with Gasteiger partial charge < -0.3 is 5.11 Å². The van der Waals surface area contributed by atoms with Gasteiger partial charge in [-0.3, -0.25) is 14.9 Å². The zero-order valence-corrected chi connectivity index (χ0v) is 12.9. The maximum Gasteiger partial charge on any atom is 0.321 e. The van der Waals surface area contributed by atoms with E-state index in [4.69, 9.17) is 5.11 Å². The lowest BCUT2D eigenvalue weighted by Gasteiger charge is -2.14. The smallest absolute Gasteiger partial charge is 0.321 e. The average Bonchev–Trinajstić information content (AvgIpc) is 2.43. The van der Waals surface area contributed by atoms with Crippen molar-refractivity contribution in [2.45, 2.75) is 38.0 Å². The first-order chi connectivity index (χ1) is 10.3. The Labute approximate surface area is 128 Å². The number of nitrogens with one attached hydrogen (secondary N) is 1. The molecule has 0 spiro atoms. The molecule has 0 radical (unpaired) electrons. The molecule has 0 saturated heterocycles. The molecule has 0 fully saturated rings. The number of nitro groups is 1. The maximum absolute atomic E-state index is 12.1. The Morgan fingerprint density at radius 3 is 2.59 bits per heavy atom. The minimum Gasteiger partial charge on any atom is -0.480 e.